The molecule has 2 atom stereocenters. The van der Waals surface area contributed by atoms with Crippen LogP contribution in [0.3, 0.4) is 0 Å². The van der Waals surface area contributed by atoms with E-state index >= 15 is 0 Å². The van der Waals surface area contributed by atoms with Gasteiger partial charge in [0.1, 0.15) is 0 Å². The van der Waals surface area contributed by atoms with Gasteiger partial charge in [0, 0.05) is 25.7 Å². The van der Waals surface area contributed by atoms with E-state index in [1.54, 1.807) is 0 Å². The summed E-state index contributed by atoms with van der Waals surface area (Å²) < 4.78 is 0. The van der Waals surface area contributed by atoms with Gasteiger partial charge in [-0.25, -0.2) is 5.84 Å². The number of carbonyl (C=O) groups excluding carboxylic acids is 1. The Morgan fingerprint density at radius 2 is 2.06 bits per heavy atom. The summed E-state index contributed by atoms with van der Waals surface area (Å²) in [6.45, 7) is 9.15. The van der Waals surface area contributed by atoms with E-state index in [4.69, 9.17) is 5.84 Å². The fourth-order valence-electron chi connectivity index (χ4n) is 2.30. The Balaban J connectivity index is 2.69. The van der Waals surface area contributed by atoms with Crippen molar-refractivity contribution in [1.29, 1.82) is 0 Å². The SMILES string of the molecule is CC(C)C(C(=O)NN)N1CCN(C)C(C)C1. The standard InChI is InChI=1S/C11H24N4O/c1-8(2)10(11(16)13-12)15-6-5-14(4)9(3)7-15/h8-10H,5-7,12H2,1-4H3,(H,13,16). The van der Waals surface area contributed by atoms with Gasteiger partial charge in [0.15, 0.2) is 0 Å². The molecule has 1 amide bonds. The van der Waals surface area contributed by atoms with Crippen molar-refractivity contribution < 1.29 is 4.79 Å². The number of carbonyl (C=O) groups is 1. The molecule has 0 saturated carbocycles. The van der Waals surface area contributed by atoms with Crippen molar-refractivity contribution >= 4 is 5.91 Å². The zero-order valence-corrected chi connectivity index (χ0v) is 10.7. The van der Waals surface area contributed by atoms with Crippen LogP contribution in [-0.4, -0.2) is 54.5 Å². The maximum Gasteiger partial charge on any atom is 0.251 e. The number of nitrogens with one attached hydrogen (secondary N) is 1. The fourth-order valence-corrected chi connectivity index (χ4v) is 2.30. The Morgan fingerprint density at radius 1 is 1.44 bits per heavy atom. The third-order valence-electron chi connectivity index (χ3n) is 3.43. The molecule has 5 nitrogen and oxygen atoms in total. The molecule has 0 radical (unpaired) electrons. The van der Waals surface area contributed by atoms with Crippen LogP contribution in [0.4, 0.5) is 0 Å². The normalized spacial score (nSPS) is 25.8. The van der Waals surface area contributed by atoms with Crippen LogP contribution in [-0.2, 0) is 4.79 Å². The summed E-state index contributed by atoms with van der Waals surface area (Å²) in [5.74, 6) is 5.44. The van der Waals surface area contributed by atoms with Crippen LogP contribution in [0.1, 0.15) is 20.8 Å². The fraction of sp³-hybridized carbons (Fsp3) is 0.909. The largest absolute Gasteiger partial charge is 0.301 e. The monoisotopic (exact) mass is 228 g/mol. The van der Waals surface area contributed by atoms with Crippen molar-refractivity contribution in [3.8, 4) is 0 Å². The number of nitrogens with two attached hydrogens (primary N) is 1. The molecule has 0 spiro atoms. The highest BCUT2D eigenvalue weighted by atomic mass is 16.2. The second-order valence-corrected chi connectivity index (χ2v) is 5.02. The molecule has 2 unspecified atom stereocenters. The summed E-state index contributed by atoms with van der Waals surface area (Å²) in [6, 6.07) is 0.377. The van der Waals surface area contributed by atoms with Crippen molar-refractivity contribution in [2.24, 2.45) is 11.8 Å². The Labute approximate surface area is 97.9 Å². The van der Waals surface area contributed by atoms with Gasteiger partial charge in [-0.15, -0.1) is 0 Å². The lowest BCUT2D eigenvalue weighted by atomic mass is 10.00. The molecule has 5 heteroatoms. The summed E-state index contributed by atoms with van der Waals surface area (Å²) >= 11 is 0. The van der Waals surface area contributed by atoms with Gasteiger partial charge in [-0.3, -0.25) is 15.1 Å². The van der Waals surface area contributed by atoms with Gasteiger partial charge in [-0.1, -0.05) is 13.8 Å². The van der Waals surface area contributed by atoms with E-state index in [1.807, 2.05) is 0 Å². The quantitative estimate of drug-likeness (QED) is 0.393. The van der Waals surface area contributed by atoms with Gasteiger partial charge >= 0.3 is 0 Å². The van der Waals surface area contributed by atoms with E-state index in [-0.39, 0.29) is 17.9 Å². The number of rotatable bonds is 3. The Morgan fingerprint density at radius 3 is 2.50 bits per heavy atom. The zero-order chi connectivity index (χ0) is 12.3. The average Bonchev–Trinajstić information content (AvgIpc) is 2.22. The number of piperazine rings is 1. The Hall–Kier alpha value is -0.650. The number of hydrogen-bond acceptors (Lipinski definition) is 4. The molecule has 1 rings (SSSR count). The molecule has 0 aliphatic carbocycles. The van der Waals surface area contributed by atoms with Crippen molar-refractivity contribution in [2.75, 3.05) is 26.7 Å². The topological polar surface area (TPSA) is 61.6 Å². The van der Waals surface area contributed by atoms with Crippen LogP contribution >= 0.6 is 0 Å². The van der Waals surface area contributed by atoms with Crippen LogP contribution in [0.25, 0.3) is 0 Å². The molecule has 0 aromatic rings. The van der Waals surface area contributed by atoms with E-state index in [0.717, 1.165) is 19.6 Å². The average molecular weight is 228 g/mol. The molecule has 94 valence electrons. The lowest BCUT2D eigenvalue weighted by Gasteiger charge is -2.42. The molecular formula is C11H24N4O. The first-order valence-corrected chi connectivity index (χ1v) is 5.92. The van der Waals surface area contributed by atoms with E-state index in [2.05, 4.69) is 43.0 Å². The highest BCUT2D eigenvalue weighted by Gasteiger charge is 2.32. The molecule has 0 aromatic carbocycles. The predicted molar refractivity (Wildman–Crippen MR) is 64.6 cm³/mol. The van der Waals surface area contributed by atoms with Crippen LogP contribution in [0.15, 0.2) is 0 Å². The van der Waals surface area contributed by atoms with Gasteiger partial charge in [-0.05, 0) is 19.9 Å². The maximum absolute atomic E-state index is 11.7. The Kier molecular flexibility index (Phi) is 4.70. The van der Waals surface area contributed by atoms with Crippen LogP contribution < -0.4 is 11.3 Å². The third kappa shape index (κ3) is 2.93. The van der Waals surface area contributed by atoms with Crippen molar-refractivity contribution in [3.05, 3.63) is 0 Å². The van der Waals surface area contributed by atoms with Crippen molar-refractivity contribution in [1.82, 2.24) is 15.2 Å². The molecule has 1 heterocycles. The minimum absolute atomic E-state index is 0.0771. The number of likely N-dealkylation sites (N-methyl/N-ethyl adjacent to an activating group) is 1. The van der Waals surface area contributed by atoms with Gasteiger partial charge in [-0.2, -0.15) is 0 Å². The van der Waals surface area contributed by atoms with E-state index in [0.29, 0.717) is 6.04 Å². The molecule has 1 saturated heterocycles. The predicted octanol–water partition coefficient (Wildman–Crippen LogP) is -0.363. The lowest BCUT2D eigenvalue weighted by molar-refractivity contribution is -0.129. The molecule has 1 fully saturated rings. The van der Waals surface area contributed by atoms with E-state index in [9.17, 15) is 4.79 Å². The first-order valence-electron chi connectivity index (χ1n) is 5.92. The molecule has 1 aliphatic rings. The summed E-state index contributed by atoms with van der Waals surface area (Å²) in [7, 11) is 2.12. The number of hydrazine groups is 1. The second-order valence-electron chi connectivity index (χ2n) is 5.02. The lowest BCUT2D eigenvalue weighted by Crippen LogP contribution is -2.59. The highest BCUT2D eigenvalue weighted by Crippen LogP contribution is 2.16. The van der Waals surface area contributed by atoms with Gasteiger partial charge in [0.2, 0.25) is 0 Å². The molecular weight excluding hydrogens is 204 g/mol. The Bertz CT molecular complexity index is 244. The summed E-state index contributed by atoms with van der Waals surface area (Å²) in [5.41, 5.74) is 2.28. The third-order valence-corrected chi connectivity index (χ3v) is 3.43. The van der Waals surface area contributed by atoms with E-state index in [1.165, 1.54) is 0 Å². The molecule has 0 aromatic heterocycles. The highest BCUT2D eigenvalue weighted by molar-refractivity contribution is 5.81. The number of amides is 1. The van der Waals surface area contributed by atoms with Gasteiger partial charge in [0.05, 0.1) is 6.04 Å². The summed E-state index contributed by atoms with van der Waals surface area (Å²) in [5, 5.41) is 0. The minimum atomic E-state index is -0.110. The van der Waals surface area contributed by atoms with Crippen molar-refractivity contribution in [3.63, 3.8) is 0 Å². The molecule has 0 bridgehead atoms. The smallest absolute Gasteiger partial charge is 0.251 e. The zero-order valence-electron chi connectivity index (χ0n) is 10.7. The van der Waals surface area contributed by atoms with Crippen LogP contribution in [0.2, 0.25) is 0 Å². The number of hydrogen-bond donors (Lipinski definition) is 2. The summed E-state index contributed by atoms with van der Waals surface area (Å²) in [6.07, 6.45) is 0. The molecule has 3 N–H and O–H groups in total. The van der Waals surface area contributed by atoms with E-state index < -0.39 is 0 Å². The molecule has 1 aliphatic heterocycles. The minimum Gasteiger partial charge on any atom is -0.301 e. The number of nitrogens with zero attached hydrogens (tertiary/aromatic N) is 2. The maximum atomic E-state index is 11.7. The first-order chi connectivity index (χ1) is 7.47. The van der Waals surface area contributed by atoms with Crippen LogP contribution in [0.5, 0.6) is 0 Å². The molecule has 16 heavy (non-hydrogen) atoms. The summed E-state index contributed by atoms with van der Waals surface area (Å²) in [4.78, 5) is 16.3. The first kappa shape index (κ1) is 13.4. The van der Waals surface area contributed by atoms with Crippen LogP contribution in [0, 0.1) is 5.92 Å². The van der Waals surface area contributed by atoms with Gasteiger partial charge < -0.3 is 4.90 Å². The second kappa shape index (κ2) is 5.61. The van der Waals surface area contributed by atoms with Crippen molar-refractivity contribution in [2.45, 2.75) is 32.9 Å². The van der Waals surface area contributed by atoms with Gasteiger partial charge in [0.25, 0.3) is 5.91 Å².